The van der Waals surface area contributed by atoms with E-state index >= 15 is 0 Å². The molecule has 8 heteroatoms. The maximum Gasteiger partial charge on any atom is 0.319 e. The molecule has 1 aromatic carbocycles. The summed E-state index contributed by atoms with van der Waals surface area (Å²) in [5.74, 6) is 0.627. The molecule has 132 valence electrons. The SMILES string of the molecule is C[C@H]1C[C@H](Sc2nnc(N3CCCC3)n2-c2cccc(Cl)c2)C(=O)O1. The van der Waals surface area contributed by atoms with Crippen molar-refractivity contribution in [1.29, 1.82) is 0 Å². The van der Waals surface area contributed by atoms with Gasteiger partial charge in [0, 0.05) is 24.5 Å². The average Bonchev–Trinajstić information content (AvgIpc) is 3.28. The topological polar surface area (TPSA) is 60.2 Å². The van der Waals surface area contributed by atoms with Gasteiger partial charge in [0.25, 0.3) is 0 Å². The van der Waals surface area contributed by atoms with Crippen LogP contribution in [0, 0.1) is 0 Å². The van der Waals surface area contributed by atoms with Crippen molar-refractivity contribution in [3.63, 3.8) is 0 Å². The fourth-order valence-corrected chi connectivity index (χ4v) is 4.58. The fourth-order valence-electron chi connectivity index (χ4n) is 3.25. The van der Waals surface area contributed by atoms with E-state index in [0.717, 1.165) is 37.6 Å². The second-order valence-electron chi connectivity index (χ2n) is 6.38. The van der Waals surface area contributed by atoms with Crippen LogP contribution < -0.4 is 4.90 Å². The standard InChI is InChI=1S/C17H19ClN4O2S/c1-11-9-14(15(23)24-11)25-17-20-19-16(21-7-2-3-8-21)22(17)13-6-4-5-12(18)10-13/h4-6,10-11,14H,2-3,7-9H2,1H3/t11-,14-/m0/s1. The number of cyclic esters (lactones) is 1. The van der Waals surface area contributed by atoms with Gasteiger partial charge in [-0.05, 0) is 38.0 Å². The van der Waals surface area contributed by atoms with Crippen molar-refractivity contribution in [3.05, 3.63) is 29.3 Å². The van der Waals surface area contributed by atoms with Gasteiger partial charge in [0.05, 0.1) is 5.69 Å². The summed E-state index contributed by atoms with van der Waals surface area (Å²) in [6, 6.07) is 7.62. The molecule has 2 saturated heterocycles. The van der Waals surface area contributed by atoms with Crippen molar-refractivity contribution < 1.29 is 9.53 Å². The molecule has 4 rings (SSSR count). The summed E-state index contributed by atoms with van der Waals surface area (Å²) in [5.41, 5.74) is 0.904. The molecule has 1 aromatic heterocycles. The lowest BCUT2D eigenvalue weighted by molar-refractivity contribution is -0.140. The van der Waals surface area contributed by atoms with Crippen LogP contribution in [0.4, 0.5) is 5.95 Å². The van der Waals surface area contributed by atoms with Gasteiger partial charge in [-0.3, -0.25) is 9.36 Å². The lowest BCUT2D eigenvalue weighted by Crippen LogP contribution is -2.22. The molecule has 0 spiro atoms. The zero-order valence-corrected chi connectivity index (χ0v) is 15.5. The molecule has 3 heterocycles. The molecule has 2 fully saturated rings. The van der Waals surface area contributed by atoms with Gasteiger partial charge in [-0.1, -0.05) is 29.4 Å². The van der Waals surface area contributed by atoms with Gasteiger partial charge < -0.3 is 9.64 Å². The van der Waals surface area contributed by atoms with E-state index in [4.69, 9.17) is 16.3 Å². The number of benzene rings is 1. The first kappa shape index (κ1) is 16.7. The first-order chi connectivity index (χ1) is 12.1. The number of ether oxygens (including phenoxy) is 1. The average molecular weight is 379 g/mol. The van der Waals surface area contributed by atoms with Crippen LogP contribution in [0.15, 0.2) is 29.4 Å². The van der Waals surface area contributed by atoms with Crippen LogP contribution in [0.3, 0.4) is 0 Å². The van der Waals surface area contributed by atoms with E-state index in [-0.39, 0.29) is 17.3 Å². The highest BCUT2D eigenvalue weighted by Gasteiger charge is 2.35. The highest BCUT2D eigenvalue weighted by molar-refractivity contribution is 8.00. The van der Waals surface area contributed by atoms with Crippen LogP contribution in [-0.4, -0.2) is 45.2 Å². The van der Waals surface area contributed by atoms with Gasteiger partial charge in [-0.2, -0.15) is 0 Å². The number of hydrogen-bond donors (Lipinski definition) is 0. The summed E-state index contributed by atoms with van der Waals surface area (Å²) in [6.07, 6.45) is 2.94. The summed E-state index contributed by atoms with van der Waals surface area (Å²) < 4.78 is 7.27. The molecule has 6 nitrogen and oxygen atoms in total. The number of rotatable bonds is 4. The largest absolute Gasteiger partial charge is 0.462 e. The third-order valence-electron chi connectivity index (χ3n) is 4.45. The minimum Gasteiger partial charge on any atom is -0.462 e. The molecular weight excluding hydrogens is 360 g/mol. The molecule has 0 saturated carbocycles. The Hall–Kier alpha value is -1.73. The van der Waals surface area contributed by atoms with Crippen molar-refractivity contribution >= 4 is 35.3 Å². The number of halogens is 1. The molecule has 0 radical (unpaired) electrons. The zero-order valence-electron chi connectivity index (χ0n) is 13.9. The molecule has 0 aliphatic carbocycles. The third-order valence-corrected chi connectivity index (χ3v) is 5.83. The molecule has 25 heavy (non-hydrogen) atoms. The summed E-state index contributed by atoms with van der Waals surface area (Å²) in [7, 11) is 0. The Labute approximate surface area is 155 Å². The Morgan fingerprint density at radius 1 is 1.28 bits per heavy atom. The molecule has 0 N–H and O–H groups in total. The normalized spacial score (nSPS) is 23.3. The number of thioether (sulfide) groups is 1. The Bertz CT molecular complexity index is 791. The van der Waals surface area contributed by atoms with E-state index < -0.39 is 0 Å². The second-order valence-corrected chi connectivity index (χ2v) is 7.99. The predicted molar refractivity (Wildman–Crippen MR) is 97.6 cm³/mol. The highest BCUT2D eigenvalue weighted by Crippen LogP contribution is 2.35. The minimum absolute atomic E-state index is 0.0504. The molecule has 0 unspecified atom stereocenters. The molecule has 2 aliphatic heterocycles. The first-order valence-corrected chi connectivity index (χ1v) is 9.71. The number of esters is 1. The van der Waals surface area contributed by atoms with E-state index in [1.165, 1.54) is 11.8 Å². The maximum absolute atomic E-state index is 12.0. The van der Waals surface area contributed by atoms with Gasteiger partial charge in [-0.25, -0.2) is 0 Å². The maximum atomic E-state index is 12.0. The molecule has 0 bridgehead atoms. The van der Waals surface area contributed by atoms with Gasteiger partial charge in [0.2, 0.25) is 5.95 Å². The summed E-state index contributed by atoms with van der Waals surface area (Å²) in [6.45, 7) is 3.84. The Morgan fingerprint density at radius 2 is 2.08 bits per heavy atom. The number of anilines is 1. The van der Waals surface area contributed by atoms with E-state index in [2.05, 4.69) is 15.1 Å². The second kappa shape index (κ2) is 6.88. The van der Waals surface area contributed by atoms with Crippen molar-refractivity contribution in [2.75, 3.05) is 18.0 Å². The Morgan fingerprint density at radius 3 is 2.76 bits per heavy atom. The lowest BCUT2D eigenvalue weighted by atomic mass is 10.3. The van der Waals surface area contributed by atoms with Crippen LogP contribution in [0.2, 0.25) is 5.02 Å². The molecule has 2 aromatic rings. The summed E-state index contributed by atoms with van der Waals surface area (Å²) >= 11 is 7.61. The number of nitrogens with zero attached hydrogens (tertiary/aromatic N) is 4. The zero-order chi connectivity index (χ0) is 17.4. The van der Waals surface area contributed by atoms with Crippen LogP contribution in [0.25, 0.3) is 5.69 Å². The molecular formula is C17H19ClN4O2S. The monoisotopic (exact) mass is 378 g/mol. The summed E-state index contributed by atoms with van der Waals surface area (Å²) in [5, 5.41) is 9.89. The van der Waals surface area contributed by atoms with Gasteiger partial charge >= 0.3 is 5.97 Å². The number of hydrogen-bond acceptors (Lipinski definition) is 6. The van der Waals surface area contributed by atoms with E-state index in [1.54, 1.807) is 0 Å². The Balaban J connectivity index is 1.72. The third kappa shape index (κ3) is 3.35. The van der Waals surface area contributed by atoms with E-state index in [0.29, 0.717) is 16.6 Å². The van der Waals surface area contributed by atoms with Gasteiger partial charge in [-0.15, -0.1) is 10.2 Å². The van der Waals surface area contributed by atoms with Gasteiger partial charge in [0.1, 0.15) is 11.4 Å². The van der Waals surface area contributed by atoms with E-state index in [9.17, 15) is 4.79 Å². The number of carbonyl (C=O) groups is 1. The minimum atomic E-state index is -0.247. The summed E-state index contributed by atoms with van der Waals surface area (Å²) in [4.78, 5) is 14.3. The Kier molecular flexibility index (Phi) is 4.60. The van der Waals surface area contributed by atoms with Crippen LogP contribution in [-0.2, 0) is 9.53 Å². The predicted octanol–water partition coefficient (Wildman–Crippen LogP) is 3.32. The number of aromatic nitrogens is 3. The first-order valence-electron chi connectivity index (χ1n) is 8.45. The lowest BCUT2D eigenvalue weighted by Gasteiger charge is -2.18. The van der Waals surface area contributed by atoms with E-state index in [1.807, 2.05) is 35.8 Å². The van der Waals surface area contributed by atoms with Crippen molar-refractivity contribution in [2.45, 2.75) is 42.7 Å². The molecule has 2 atom stereocenters. The van der Waals surface area contributed by atoms with Crippen molar-refractivity contribution in [2.24, 2.45) is 0 Å². The van der Waals surface area contributed by atoms with Crippen LogP contribution in [0.1, 0.15) is 26.2 Å². The number of carbonyl (C=O) groups excluding carboxylic acids is 1. The fraction of sp³-hybridized carbons (Fsp3) is 0.471. The smallest absolute Gasteiger partial charge is 0.319 e. The van der Waals surface area contributed by atoms with Gasteiger partial charge in [0.15, 0.2) is 5.16 Å². The van der Waals surface area contributed by atoms with Crippen LogP contribution >= 0.6 is 23.4 Å². The quantitative estimate of drug-likeness (QED) is 0.760. The molecule has 2 aliphatic rings. The van der Waals surface area contributed by atoms with Crippen molar-refractivity contribution in [3.8, 4) is 5.69 Å². The van der Waals surface area contributed by atoms with Crippen molar-refractivity contribution in [1.82, 2.24) is 14.8 Å². The molecule has 0 amide bonds. The van der Waals surface area contributed by atoms with Crippen LogP contribution in [0.5, 0.6) is 0 Å². The highest BCUT2D eigenvalue weighted by atomic mass is 35.5.